The fourth-order valence-electron chi connectivity index (χ4n) is 2.81. The Labute approximate surface area is 129 Å². The van der Waals surface area contributed by atoms with Gasteiger partial charge in [-0.1, -0.05) is 12.8 Å². The first kappa shape index (κ1) is 16.5. The number of ketones is 1. The average Bonchev–Trinajstić information content (AvgIpc) is 3.19. The van der Waals surface area contributed by atoms with Crippen molar-refractivity contribution in [3.63, 3.8) is 0 Å². The topological polar surface area (TPSA) is 116 Å². The molecule has 22 heavy (non-hydrogen) atoms. The van der Waals surface area contributed by atoms with E-state index in [0.29, 0.717) is 13.0 Å². The fraction of sp³-hybridized carbons (Fsp3) is 0.786. The molecule has 0 bridgehead atoms. The lowest BCUT2D eigenvalue weighted by Crippen LogP contribution is -2.44. The molecule has 0 aromatic carbocycles. The zero-order valence-electron chi connectivity index (χ0n) is 12.8. The Hall–Kier alpha value is -1.83. The molecular weight excluding hydrogens is 284 g/mol. The number of hydrogen-bond donors (Lipinski definition) is 2. The molecule has 1 aromatic rings. The molecule has 0 spiro atoms. The SMILES string of the molecule is NCCCCC(NC(=O)C1CCCC1)C(=O)Cn1cnnn1. The van der Waals surface area contributed by atoms with Crippen molar-refractivity contribution < 1.29 is 9.59 Å². The maximum atomic E-state index is 12.4. The van der Waals surface area contributed by atoms with E-state index in [9.17, 15) is 9.59 Å². The first-order chi connectivity index (χ1) is 10.7. The van der Waals surface area contributed by atoms with Crippen LogP contribution in [0, 0.1) is 5.92 Å². The van der Waals surface area contributed by atoms with E-state index in [1.165, 1.54) is 11.0 Å². The van der Waals surface area contributed by atoms with Crippen molar-refractivity contribution in [2.75, 3.05) is 6.54 Å². The van der Waals surface area contributed by atoms with Gasteiger partial charge in [0.2, 0.25) is 5.91 Å². The van der Waals surface area contributed by atoms with E-state index in [1.54, 1.807) is 0 Å². The van der Waals surface area contributed by atoms with Crippen molar-refractivity contribution in [2.24, 2.45) is 11.7 Å². The Balaban J connectivity index is 1.91. The Kier molecular flexibility index (Phi) is 6.45. The van der Waals surface area contributed by atoms with Gasteiger partial charge in [-0.3, -0.25) is 9.59 Å². The third-order valence-electron chi connectivity index (χ3n) is 4.09. The highest BCUT2D eigenvalue weighted by Gasteiger charge is 2.27. The molecule has 1 unspecified atom stereocenters. The molecule has 1 heterocycles. The van der Waals surface area contributed by atoms with Crippen LogP contribution in [0.3, 0.4) is 0 Å². The number of nitrogens with zero attached hydrogens (tertiary/aromatic N) is 4. The van der Waals surface area contributed by atoms with Gasteiger partial charge in [-0.2, -0.15) is 0 Å². The van der Waals surface area contributed by atoms with Crippen LogP contribution < -0.4 is 11.1 Å². The minimum Gasteiger partial charge on any atom is -0.346 e. The van der Waals surface area contributed by atoms with Crippen LogP contribution in [0.4, 0.5) is 0 Å². The molecule has 122 valence electrons. The maximum Gasteiger partial charge on any atom is 0.223 e. The molecule has 1 aromatic heterocycles. The van der Waals surface area contributed by atoms with Crippen molar-refractivity contribution in [3.05, 3.63) is 6.33 Å². The number of amides is 1. The molecule has 2 rings (SSSR count). The second-order valence-electron chi connectivity index (χ2n) is 5.80. The maximum absolute atomic E-state index is 12.4. The van der Waals surface area contributed by atoms with Gasteiger partial charge in [-0.25, -0.2) is 4.68 Å². The minimum atomic E-state index is -0.483. The van der Waals surface area contributed by atoms with Crippen LogP contribution in [0.25, 0.3) is 0 Å². The fourth-order valence-corrected chi connectivity index (χ4v) is 2.81. The Morgan fingerprint density at radius 2 is 2.09 bits per heavy atom. The number of nitrogens with one attached hydrogen (secondary N) is 1. The summed E-state index contributed by atoms with van der Waals surface area (Å²) >= 11 is 0. The van der Waals surface area contributed by atoms with Crippen LogP contribution in [-0.4, -0.2) is 44.5 Å². The normalized spacial score (nSPS) is 16.6. The van der Waals surface area contributed by atoms with Crippen LogP contribution in [0.2, 0.25) is 0 Å². The second-order valence-corrected chi connectivity index (χ2v) is 5.80. The van der Waals surface area contributed by atoms with E-state index >= 15 is 0 Å². The third-order valence-corrected chi connectivity index (χ3v) is 4.09. The zero-order valence-corrected chi connectivity index (χ0v) is 12.8. The predicted octanol–water partition coefficient (Wildman–Crippen LogP) is 0.0462. The van der Waals surface area contributed by atoms with E-state index in [0.717, 1.165) is 38.5 Å². The first-order valence-electron chi connectivity index (χ1n) is 7.94. The lowest BCUT2D eigenvalue weighted by Gasteiger charge is -2.19. The van der Waals surface area contributed by atoms with Crippen LogP contribution in [0.5, 0.6) is 0 Å². The van der Waals surface area contributed by atoms with Gasteiger partial charge in [0.25, 0.3) is 0 Å². The highest BCUT2D eigenvalue weighted by molar-refractivity contribution is 5.89. The van der Waals surface area contributed by atoms with E-state index in [4.69, 9.17) is 5.73 Å². The predicted molar refractivity (Wildman–Crippen MR) is 79.6 cm³/mol. The third kappa shape index (κ3) is 4.87. The van der Waals surface area contributed by atoms with Crippen molar-refractivity contribution in [1.82, 2.24) is 25.5 Å². The van der Waals surface area contributed by atoms with Crippen LogP contribution in [-0.2, 0) is 16.1 Å². The highest BCUT2D eigenvalue weighted by atomic mass is 16.2. The zero-order chi connectivity index (χ0) is 15.8. The van der Waals surface area contributed by atoms with Crippen molar-refractivity contribution in [1.29, 1.82) is 0 Å². The minimum absolute atomic E-state index is 0.000291. The van der Waals surface area contributed by atoms with Gasteiger partial charge >= 0.3 is 0 Å². The molecule has 1 aliphatic carbocycles. The van der Waals surface area contributed by atoms with Gasteiger partial charge in [0.05, 0.1) is 6.04 Å². The Morgan fingerprint density at radius 3 is 2.73 bits per heavy atom. The van der Waals surface area contributed by atoms with Gasteiger partial charge in [0.1, 0.15) is 12.9 Å². The molecule has 1 aliphatic rings. The van der Waals surface area contributed by atoms with Gasteiger partial charge in [0, 0.05) is 5.92 Å². The van der Waals surface area contributed by atoms with E-state index < -0.39 is 6.04 Å². The summed E-state index contributed by atoms with van der Waals surface area (Å²) in [5.41, 5.74) is 5.50. The number of tetrazole rings is 1. The molecule has 3 N–H and O–H groups in total. The average molecular weight is 308 g/mol. The van der Waals surface area contributed by atoms with E-state index in [-0.39, 0.29) is 24.2 Å². The lowest BCUT2D eigenvalue weighted by molar-refractivity contribution is -0.130. The summed E-state index contributed by atoms with van der Waals surface area (Å²) in [7, 11) is 0. The van der Waals surface area contributed by atoms with Gasteiger partial charge in [0.15, 0.2) is 5.78 Å². The Morgan fingerprint density at radius 1 is 1.32 bits per heavy atom. The largest absolute Gasteiger partial charge is 0.346 e. The Bertz CT molecular complexity index is 470. The summed E-state index contributed by atoms with van der Waals surface area (Å²) in [5, 5.41) is 13.6. The van der Waals surface area contributed by atoms with Crippen LogP contribution >= 0.6 is 0 Å². The monoisotopic (exact) mass is 308 g/mol. The lowest BCUT2D eigenvalue weighted by atomic mass is 10.0. The number of carbonyl (C=O) groups is 2. The summed E-state index contributed by atoms with van der Waals surface area (Å²) in [6.45, 7) is 0.662. The standard InChI is InChI=1S/C14H24N6O2/c15-8-4-3-7-12(13(21)9-20-10-16-18-19-20)17-14(22)11-5-1-2-6-11/h10-12H,1-9,15H2,(H,17,22). The summed E-state index contributed by atoms with van der Waals surface area (Å²) < 4.78 is 1.37. The molecule has 1 fully saturated rings. The molecule has 0 aliphatic heterocycles. The summed E-state index contributed by atoms with van der Waals surface area (Å²) in [6, 6.07) is -0.483. The smallest absolute Gasteiger partial charge is 0.223 e. The number of aromatic nitrogens is 4. The quantitative estimate of drug-likeness (QED) is 0.623. The number of carbonyl (C=O) groups excluding carboxylic acids is 2. The molecule has 1 atom stereocenters. The molecule has 8 nitrogen and oxygen atoms in total. The molecule has 0 radical (unpaired) electrons. The number of unbranched alkanes of at least 4 members (excludes halogenated alkanes) is 1. The molecule has 8 heteroatoms. The first-order valence-corrected chi connectivity index (χ1v) is 7.94. The molecule has 0 saturated heterocycles. The van der Waals surface area contributed by atoms with Gasteiger partial charge < -0.3 is 11.1 Å². The second kappa shape index (κ2) is 8.57. The highest BCUT2D eigenvalue weighted by Crippen LogP contribution is 2.25. The van der Waals surface area contributed by atoms with E-state index in [2.05, 4.69) is 20.8 Å². The van der Waals surface area contributed by atoms with Gasteiger partial charge in [-0.05, 0) is 49.1 Å². The summed E-state index contributed by atoms with van der Waals surface area (Å²) in [6.07, 6.45) is 7.68. The molecular formula is C14H24N6O2. The number of rotatable bonds is 9. The van der Waals surface area contributed by atoms with E-state index in [1.807, 2.05) is 0 Å². The van der Waals surface area contributed by atoms with Crippen molar-refractivity contribution >= 4 is 11.7 Å². The molecule has 1 amide bonds. The van der Waals surface area contributed by atoms with Crippen LogP contribution in [0.15, 0.2) is 6.33 Å². The number of Topliss-reactive ketones (excluding diaryl/α,β-unsaturated/α-hetero) is 1. The molecule has 1 saturated carbocycles. The van der Waals surface area contributed by atoms with Gasteiger partial charge in [-0.15, -0.1) is 5.10 Å². The van der Waals surface area contributed by atoms with Crippen LogP contribution in [0.1, 0.15) is 44.9 Å². The summed E-state index contributed by atoms with van der Waals surface area (Å²) in [5.74, 6) is -0.0196. The number of nitrogens with two attached hydrogens (primary N) is 1. The summed E-state index contributed by atoms with van der Waals surface area (Å²) in [4.78, 5) is 24.7. The number of hydrogen-bond acceptors (Lipinski definition) is 6. The van der Waals surface area contributed by atoms with Crippen molar-refractivity contribution in [2.45, 2.75) is 57.5 Å². The van der Waals surface area contributed by atoms with Crippen molar-refractivity contribution in [3.8, 4) is 0 Å².